The normalized spacial score (nSPS) is 17.6. The standard InChI is InChI=1S/C23H26ClN6OS.CH3.Y/c1-15-14-30-21(25-22(15)28-9-5-10-28)13-19(26-30)20-6-3-4-11-29(20)23(31)17-12-16(24)7-8-18(17)27-32-2;;/h5,7-8,12-14,20,27H,3-4,6,9-11H2,1-2H3;1H3;/q2*-1;. The van der Waals surface area contributed by atoms with Crippen molar-refractivity contribution in [3.05, 3.63) is 66.2 Å². The third kappa shape index (κ3) is 5.25. The maximum Gasteiger partial charge on any atom is 0.256 e. The van der Waals surface area contributed by atoms with Gasteiger partial charge < -0.3 is 21.9 Å². The number of aryl methyl sites for hydroxylation is 1. The SMILES string of the molecule is CSNc1ccc(Cl)cc1C(=O)N1CCCCC1c1cc2nc(N3C[CH-]C3)c(C)cn2n1.[CH3-].[Y]. The van der Waals surface area contributed by atoms with Gasteiger partial charge in [0.05, 0.1) is 23.0 Å². The van der Waals surface area contributed by atoms with Gasteiger partial charge in [-0.15, -0.1) is 13.1 Å². The Morgan fingerprint density at radius 3 is 2.76 bits per heavy atom. The number of benzene rings is 1. The molecule has 7 nitrogen and oxygen atoms in total. The van der Waals surface area contributed by atoms with E-state index in [2.05, 4.69) is 23.0 Å². The second-order valence-electron chi connectivity index (χ2n) is 8.32. The van der Waals surface area contributed by atoms with Crippen molar-refractivity contribution in [2.75, 3.05) is 35.5 Å². The summed E-state index contributed by atoms with van der Waals surface area (Å²) >= 11 is 7.70. The minimum atomic E-state index is -0.0832. The second-order valence-corrected chi connectivity index (χ2v) is 9.37. The summed E-state index contributed by atoms with van der Waals surface area (Å²) in [6.07, 6.45) is 9.13. The number of amides is 1. The van der Waals surface area contributed by atoms with Gasteiger partial charge in [0.1, 0.15) is 5.82 Å². The van der Waals surface area contributed by atoms with Gasteiger partial charge in [-0.1, -0.05) is 23.5 Å². The van der Waals surface area contributed by atoms with Crippen molar-refractivity contribution in [2.24, 2.45) is 0 Å². The van der Waals surface area contributed by atoms with E-state index in [4.69, 9.17) is 21.7 Å². The molecule has 1 atom stereocenters. The molecule has 0 spiro atoms. The largest absolute Gasteiger partial charge is 0.416 e. The molecule has 2 aliphatic rings. The Labute approximate surface area is 236 Å². The van der Waals surface area contributed by atoms with Crippen LogP contribution in [0.2, 0.25) is 5.02 Å². The van der Waals surface area contributed by atoms with E-state index in [0.29, 0.717) is 17.1 Å². The Morgan fingerprint density at radius 1 is 1.26 bits per heavy atom. The van der Waals surface area contributed by atoms with Gasteiger partial charge in [0.2, 0.25) is 0 Å². The van der Waals surface area contributed by atoms with Gasteiger partial charge in [-0.05, 0) is 44.4 Å². The van der Waals surface area contributed by atoms with Crippen LogP contribution in [0.5, 0.6) is 0 Å². The number of aromatic nitrogens is 3. The van der Waals surface area contributed by atoms with Crippen molar-refractivity contribution in [3.63, 3.8) is 0 Å². The number of anilines is 2. The van der Waals surface area contributed by atoms with E-state index in [0.717, 1.165) is 60.8 Å². The summed E-state index contributed by atoms with van der Waals surface area (Å²) in [6, 6.07) is 7.35. The number of rotatable bonds is 5. The number of piperidine rings is 1. The van der Waals surface area contributed by atoms with Gasteiger partial charge in [0.25, 0.3) is 5.91 Å². The summed E-state index contributed by atoms with van der Waals surface area (Å²) in [5.74, 6) is 0.987. The molecule has 3 aromatic rings. The number of halogens is 1. The Morgan fingerprint density at radius 2 is 2.06 bits per heavy atom. The molecule has 4 heterocycles. The van der Waals surface area contributed by atoms with Crippen molar-refractivity contribution in [2.45, 2.75) is 32.2 Å². The first kappa shape index (κ1) is 27.2. The fourth-order valence-corrected chi connectivity index (χ4v) is 5.03. The molecule has 2 aromatic heterocycles. The molecule has 0 bridgehead atoms. The smallest absolute Gasteiger partial charge is 0.256 e. The van der Waals surface area contributed by atoms with Crippen LogP contribution in [0, 0.1) is 20.8 Å². The predicted molar refractivity (Wildman–Crippen MR) is 137 cm³/mol. The average molecular weight is 574 g/mol. The molecule has 2 fully saturated rings. The van der Waals surface area contributed by atoms with E-state index in [1.807, 2.05) is 34.0 Å². The zero-order valence-corrected chi connectivity index (χ0v) is 24.2. The zero-order chi connectivity index (χ0) is 22.2. The topological polar surface area (TPSA) is 65.8 Å². The summed E-state index contributed by atoms with van der Waals surface area (Å²) in [7, 11) is 0. The molecule has 10 heteroatoms. The number of fused-ring (bicyclic) bond motifs is 1. The van der Waals surface area contributed by atoms with E-state index in [-0.39, 0.29) is 52.1 Å². The van der Waals surface area contributed by atoms with Crippen LogP contribution < -0.4 is 9.62 Å². The molecule has 5 rings (SSSR count). The third-order valence-electron chi connectivity index (χ3n) is 6.15. The van der Waals surface area contributed by atoms with Crippen LogP contribution in [0.25, 0.3) is 5.65 Å². The predicted octanol–water partition coefficient (Wildman–Crippen LogP) is 5.22. The first-order valence-electron chi connectivity index (χ1n) is 10.9. The van der Waals surface area contributed by atoms with Crippen LogP contribution >= 0.6 is 23.5 Å². The van der Waals surface area contributed by atoms with E-state index in [1.165, 1.54) is 11.9 Å². The van der Waals surface area contributed by atoms with Gasteiger partial charge in [-0.3, -0.25) is 11.2 Å². The first-order valence-corrected chi connectivity index (χ1v) is 12.5. The molecule has 34 heavy (non-hydrogen) atoms. The quantitative estimate of drug-likeness (QED) is 0.334. The van der Waals surface area contributed by atoms with Gasteiger partial charge >= 0.3 is 0 Å². The van der Waals surface area contributed by atoms with E-state index < -0.39 is 0 Å². The summed E-state index contributed by atoms with van der Waals surface area (Å²) < 4.78 is 5.05. The van der Waals surface area contributed by atoms with Gasteiger partial charge in [0.15, 0.2) is 5.65 Å². The Balaban J connectivity index is 0.00000162. The van der Waals surface area contributed by atoms with Gasteiger partial charge in [0, 0.05) is 68.4 Å². The minimum Gasteiger partial charge on any atom is -0.416 e. The summed E-state index contributed by atoms with van der Waals surface area (Å²) in [5, 5.41) is 5.38. The summed E-state index contributed by atoms with van der Waals surface area (Å²) in [6.45, 7) is 4.63. The number of carbonyl (C=O) groups is 1. The van der Waals surface area contributed by atoms with Gasteiger partial charge in [-0.25, -0.2) is 9.50 Å². The molecule has 1 radical (unpaired) electrons. The van der Waals surface area contributed by atoms with Crippen LogP contribution in [0.1, 0.15) is 46.9 Å². The number of likely N-dealkylation sites (tertiary alicyclic amines) is 1. The molecule has 0 saturated carbocycles. The van der Waals surface area contributed by atoms with Crippen LogP contribution in [0.3, 0.4) is 0 Å². The van der Waals surface area contributed by atoms with E-state index in [9.17, 15) is 4.79 Å². The number of carbonyl (C=O) groups excluding carboxylic acids is 1. The van der Waals surface area contributed by atoms with Crippen molar-refractivity contribution < 1.29 is 37.5 Å². The zero-order valence-electron chi connectivity index (χ0n) is 19.8. The molecular weight excluding hydrogens is 545 g/mol. The number of hydrogen-bond donors (Lipinski definition) is 1. The van der Waals surface area contributed by atoms with Crippen molar-refractivity contribution in [1.29, 1.82) is 0 Å². The number of hydrogen-bond acceptors (Lipinski definition) is 6. The van der Waals surface area contributed by atoms with Crippen molar-refractivity contribution in [3.8, 4) is 0 Å². The molecule has 2 aliphatic heterocycles. The molecule has 2 saturated heterocycles. The fraction of sp³-hybridized carbons (Fsp3) is 0.375. The average Bonchev–Trinajstić information content (AvgIpc) is 3.16. The molecule has 1 aromatic carbocycles. The summed E-state index contributed by atoms with van der Waals surface area (Å²) in [4.78, 5) is 22.7. The van der Waals surface area contributed by atoms with Crippen LogP contribution in [-0.4, -0.2) is 51.3 Å². The molecule has 0 aliphatic carbocycles. The van der Waals surface area contributed by atoms with Gasteiger partial charge in [-0.2, -0.15) is 5.10 Å². The van der Waals surface area contributed by atoms with Crippen molar-refractivity contribution in [1.82, 2.24) is 19.5 Å². The fourth-order valence-electron chi connectivity index (χ4n) is 4.46. The third-order valence-corrected chi connectivity index (χ3v) is 6.81. The molecule has 179 valence electrons. The maximum absolute atomic E-state index is 13.6. The first-order chi connectivity index (χ1) is 15.5. The second kappa shape index (κ2) is 11.6. The Hall–Kier alpha value is -1.35. The number of nitrogens with zero attached hydrogens (tertiary/aromatic N) is 5. The Kier molecular flexibility index (Phi) is 9.29. The molecule has 1 amide bonds. The summed E-state index contributed by atoms with van der Waals surface area (Å²) in [5.41, 5.74) is 4.17. The van der Waals surface area contributed by atoms with Crippen LogP contribution in [-0.2, 0) is 32.7 Å². The van der Waals surface area contributed by atoms with Crippen LogP contribution in [0.4, 0.5) is 11.5 Å². The van der Waals surface area contributed by atoms with E-state index in [1.54, 1.807) is 12.1 Å². The minimum absolute atomic E-state index is 0. The molecule has 1 unspecified atom stereocenters. The van der Waals surface area contributed by atoms with E-state index >= 15 is 0 Å². The number of nitrogens with one attached hydrogen (secondary N) is 1. The molecular formula is C24H29ClN6OSY-2. The Bertz CT molecular complexity index is 1170. The van der Waals surface area contributed by atoms with Crippen molar-refractivity contribution >= 4 is 46.6 Å². The molecule has 1 N–H and O–H groups in total. The monoisotopic (exact) mass is 573 g/mol. The van der Waals surface area contributed by atoms with Crippen LogP contribution in [0.15, 0.2) is 30.5 Å². The maximum atomic E-state index is 13.6.